The lowest BCUT2D eigenvalue weighted by molar-refractivity contribution is 0.241. The number of nitrogens with zero attached hydrogens (tertiary/aromatic N) is 1. The second-order valence-electron chi connectivity index (χ2n) is 5.33. The molecule has 2 rings (SSSR count). The molecule has 0 aliphatic heterocycles. The minimum atomic E-state index is -3.77. The van der Waals surface area contributed by atoms with Crippen molar-refractivity contribution in [2.75, 3.05) is 18.8 Å². The minimum absolute atomic E-state index is 0.0241. The molecule has 0 spiro atoms. The van der Waals surface area contributed by atoms with Gasteiger partial charge in [0.25, 0.3) is 15.3 Å². The Kier molecular flexibility index (Phi) is 5.79. The van der Waals surface area contributed by atoms with Crippen LogP contribution in [0.3, 0.4) is 0 Å². The molecular weight excluding hydrogens is 368 g/mol. The van der Waals surface area contributed by atoms with Crippen molar-refractivity contribution in [1.82, 2.24) is 4.90 Å². The van der Waals surface area contributed by atoms with Gasteiger partial charge in [-0.25, -0.2) is 8.42 Å². The molecule has 0 aromatic heterocycles. The lowest BCUT2D eigenvalue weighted by atomic mass is 10.2. The van der Waals surface area contributed by atoms with E-state index >= 15 is 0 Å². The third-order valence-electron chi connectivity index (χ3n) is 3.05. The number of carbonyl (C=O) groups excluding carboxylic acids is 1. The summed E-state index contributed by atoms with van der Waals surface area (Å²) in [5, 5.41) is 0.0704. The quantitative estimate of drug-likeness (QED) is 0.801. The maximum absolute atomic E-state index is 12.4. The highest BCUT2D eigenvalue weighted by Crippen LogP contribution is 2.26. The summed E-state index contributed by atoms with van der Waals surface area (Å²) in [4.78, 5) is 13.9. The van der Waals surface area contributed by atoms with Crippen LogP contribution in [0.5, 0.6) is 0 Å². The number of hydrogen-bond acceptors (Lipinski definition) is 4. The molecular formula is C16H17ClN2O3S2. The topological polar surface area (TPSA) is 66.5 Å². The van der Waals surface area contributed by atoms with Gasteiger partial charge >= 0.3 is 0 Å². The van der Waals surface area contributed by atoms with Crippen LogP contribution in [0.25, 0.3) is 0 Å². The number of thioether (sulfide) groups is 1. The highest BCUT2D eigenvalue weighted by Gasteiger charge is 2.18. The Morgan fingerprint density at radius 2 is 1.75 bits per heavy atom. The van der Waals surface area contributed by atoms with E-state index in [2.05, 4.69) is 4.72 Å². The Morgan fingerprint density at radius 3 is 2.29 bits per heavy atom. The van der Waals surface area contributed by atoms with Crippen molar-refractivity contribution >= 4 is 44.3 Å². The van der Waals surface area contributed by atoms with Gasteiger partial charge in [0.1, 0.15) is 4.90 Å². The summed E-state index contributed by atoms with van der Waals surface area (Å²) in [6, 6.07) is 11.3. The maximum Gasteiger partial charge on any atom is 0.285 e. The van der Waals surface area contributed by atoms with Gasteiger partial charge in [0.15, 0.2) is 0 Å². The van der Waals surface area contributed by atoms with Crippen molar-refractivity contribution < 1.29 is 13.2 Å². The summed E-state index contributed by atoms with van der Waals surface area (Å²) in [5.74, 6) is 0. The number of carbonyl (C=O) groups is 1. The first-order chi connectivity index (χ1) is 11.2. The predicted molar refractivity (Wildman–Crippen MR) is 98.4 cm³/mol. The number of aryl methyl sites for hydroxylation is 1. The standard InChI is InChI=1S/C16H17ClN2O3S2/c1-11-4-9-15(14(17)10-11)24(21,22)18-12-5-7-13(8-6-12)23-16(20)19(2)3/h4-10,18H,1-3H3. The van der Waals surface area contributed by atoms with E-state index in [0.29, 0.717) is 5.69 Å². The van der Waals surface area contributed by atoms with Gasteiger partial charge in [0, 0.05) is 24.7 Å². The van der Waals surface area contributed by atoms with Gasteiger partial charge in [0.05, 0.1) is 5.02 Å². The molecule has 0 aliphatic rings. The lowest BCUT2D eigenvalue weighted by Crippen LogP contribution is -2.16. The molecule has 0 heterocycles. The third kappa shape index (κ3) is 4.66. The van der Waals surface area contributed by atoms with E-state index in [-0.39, 0.29) is 15.2 Å². The number of amides is 1. The first kappa shape index (κ1) is 18.6. The van der Waals surface area contributed by atoms with Crippen LogP contribution in [-0.2, 0) is 10.0 Å². The summed E-state index contributed by atoms with van der Waals surface area (Å²) in [7, 11) is -0.434. The summed E-state index contributed by atoms with van der Waals surface area (Å²) >= 11 is 7.10. The van der Waals surface area contributed by atoms with E-state index in [0.717, 1.165) is 22.2 Å². The second-order valence-corrected chi connectivity index (χ2v) is 8.41. The zero-order valence-electron chi connectivity index (χ0n) is 13.4. The minimum Gasteiger partial charge on any atom is -0.339 e. The number of anilines is 1. The van der Waals surface area contributed by atoms with E-state index in [1.165, 1.54) is 11.0 Å². The van der Waals surface area contributed by atoms with Gasteiger partial charge in [-0.2, -0.15) is 0 Å². The smallest absolute Gasteiger partial charge is 0.285 e. The summed E-state index contributed by atoms with van der Waals surface area (Å²) in [6.07, 6.45) is 0. The van der Waals surface area contributed by atoms with E-state index in [1.807, 2.05) is 6.92 Å². The second kappa shape index (κ2) is 7.46. The van der Waals surface area contributed by atoms with Gasteiger partial charge in [-0.3, -0.25) is 9.52 Å². The lowest BCUT2D eigenvalue weighted by Gasteiger charge is -2.11. The summed E-state index contributed by atoms with van der Waals surface area (Å²) in [6.45, 7) is 1.83. The molecule has 0 saturated carbocycles. The van der Waals surface area contributed by atoms with Crippen LogP contribution in [-0.4, -0.2) is 32.7 Å². The van der Waals surface area contributed by atoms with Gasteiger partial charge in [-0.15, -0.1) is 0 Å². The SMILES string of the molecule is Cc1ccc(S(=O)(=O)Nc2ccc(SC(=O)N(C)C)cc2)c(Cl)c1. The maximum atomic E-state index is 12.4. The molecule has 0 aliphatic carbocycles. The van der Waals surface area contributed by atoms with Crippen molar-refractivity contribution in [3.63, 3.8) is 0 Å². The zero-order chi connectivity index (χ0) is 17.9. The van der Waals surface area contributed by atoms with Crippen molar-refractivity contribution in [1.29, 1.82) is 0 Å². The molecule has 5 nitrogen and oxygen atoms in total. The van der Waals surface area contributed by atoms with Crippen LogP contribution >= 0.6 is 23.4 Å². The van der Waals surface area contributed by atoms with Crippen molar-refractivity contribution in [2.45, 2.75) is 16.7 Å². The molecule has 1 amide bonds. The molecule has 128 valence electrons. The Labute approximate surface area is 151 Å². The van der Waals surface area contributed by atoms with Crippen LogP contribution in [0, 0.1) is 6.92 Å². The van der Waals surface area contributed by atoms with Crippen LogP contribution < -0.4 is 4.72 Å². The molecule has 2 aromatic rings. The number of rotatable bonds is 4. The fraction of sp³-hybridized carbons (Fsp3) is 0.188. The fourth-order valence-electron chi connectivity index (χ4n) is 1.82. The molecule has 24 heavy (non-hydrogen) atoms. The van der Waals surface area contributed by atoms with E-state index in [4.69, 9.17) is 11.6 Å². The molecule has 0 atom stereocenters. The first-order valence-electron chi connectivity index (χ1n) is 6.97. The third-order valence-corrected chi connectivity index (χ3v) is 5.97. The zero-order valence-corrected chi connectivity index (χ0v) is 15.8. The van der Waals surface area contributed by atoms with E-state index in [1.54, 1.807) is 50.5 Å². The number of halogens is 1. The van der Waals surface area contributed by atoms with Gasteiger partial charge in [-0.05, 0) is 60.6 Å². The number of nitrogens with one attached hydrogen (secondary N) is 1. The van der Waals surface area contributed by atoms with Crippen LogP contribution in [0.4, 0.5) is 10.5 Å². The van der Waals surface area contributed by atoms with Gasteiger partial charge in [-0.1, -0.05) is 17.7 Å². The molecule has 0 unspecified atom stereocenters. The highest BCUT2D eigenvalue weighted by molar-refractivity contribution is 8.13. The molecule has 0 saturated heterocycles. The normalized spacial score (nSPS) is 11.2. The first-order valence-corrected chi connectivity index (χ1v) is 9.65. The molecule has 2 aromatic carbocycles. The number of sulfonamides is 1. The van der Waals surface area contributed by atoms with Gasteiger partial charge < -0.3 is 4.90 Å². The van der Waals surface area contributed by atoms with Crippen LogP contribution in [0.1, 0.15) is 5.56 Å². The number of hydrogen-bond donors (Lipinski definition) is 1. The molecule has 8 heteroatoms. The Bertz CT molecular complexity index is 850. The highest BCUT2D eigenvalue weighted by atomic mass is 35.5. The molecule has 0 bridgehead atoms. The van der Waals surface area contributed by atoms with E-state index in [9.17, 15) is 13.2 Å². The summed E-state index contributed by atoms with van der Waals surface area (Å²) in [5.41, 5.74) is 1.28. The van der Waals surface area contributed by atoms with Crippen molar-refractivity contribution in [3.8, 4) is 0 Å². The monoisotopic (exact) mass is 384 g/mol. The molecule has 0 radical (unpaired) electrons. The average Bonchev–Trinajstić information content (AvgIpc) is 2.48. The number of benzene rings is 2. The van der Waals surface area contributed by atoms with E-state index < -0.39 is 10.0 Å². The molecule has 1 N–H and O–H groups in total. The largest absolute Gasteiger partial charge is 0.339 e. The fourth-order valence-corrected chi connectivity index (χ4v) is 4.13. The molecule has 0 fully saturated rings. The van der Waals surface area contributed by atoms with Crippen molar-refractivity contribution in [2.24, 2.45) is 0 Å². The van der Waals surface area contributed by atoms with Gasteiger partial charge in [0.2, 0.25) is 0 Å². The Hall–Kier alpha value is -1.70. The Balaban J connectivity index is 2.17. The Morgan fingerprint density at radius 1 is 1.12 bits per heavy atom. The van der Waals surface area contributed by atoms with Crippen LogP contribution in [0.2, 0.25) is 5.02 Å². The average molecular weight is 385 g/mol. The van der Waals surface area contributed by atoms with Crippen molar-refractivity contribution in [3.05, 3.63) is 53.1 Å². The van der Waals surface area contributed by atoms with Crippen LogP contribution in [0.15, 0.2) is 52.3 Å². The predicted octanol–water partition coefficient (Wildman–Crippen LogP) is 4.22. The summed E-state index contributed by atoms with van der Waals surface area (Å²) < 4.78 is 27.3.